The molecule has 21 heavy (non-hydrogen) atoms. The number of nitrogens with one attached hydrogen (secondary N) is 1. The molecule has 0 aliphatic rings. The molecule has 0 spiro atoms. The molecule has 0 aliphatic heterocycles. The molecular weight excluding hydrogens is 292 g/mol. The van der Waals surface area contributed by atoms with Crippen LogP contribution in [0.3, 0.4) is 0 Å². The zero-order valence-electron chi connectivity index (χ0n) is 11.8. The summed E-state index contributed by atoms with van der Waals surface area (Å²) in [5, 5.41) is 12.7. The zero-order valence-corrected chi connectivity index (χ0v) is 12.6. The normalized spacial score (nSPS) is 12.6. The quantitative estimate of drug-likeness (QED) is 0.857. The van der Waals surface area contributed by atoms with E-state index >= 15 is 0 Å². The minimum Gasteiger partial charge on any atom is -0.480 e. The smallest absolute Gasteiger partial charge is 0.320 e. The monoisotopic (exact) mass is 308 g/mol. The molecule has 2 N–H and O–H groups in total. The van der Waals surface area contributed by atoms with E-state index in [9.17, 15) is 4.79 Å². The third-order valence-corrected chi connectivity index (χ3v) is 3.33. The Labute approximate surface area is 128 Å². The van der Waals surface area contributed by atoms with Gasteiger partial charge in [0, 0.05) is 17.1 Å². The summed E-state index contributed by atoms with van der Waals surface area (Å²) in [4.78, 5) is 15.4. The van der Waals surface area contributed by atoms with Crippen LogP contribution >= 0.6 is 11.6 Å². The first kappa shape index (κ1) is 15.5. The van der Waals surface area contributed by atoms with Gasteiger partial charge in [-0.3, -0.25) is 10.1 Å². The summed E-state index contributed by atoms with van der Waals surface area (Å²) in [5.74, 6) is -0.392. The van der Waals surface area contributed by atoms with Gasteiger partial charge < -0.3 is 9.52 Å². The van der Waals surface area contributed by atoms with Crippen molar-refractivity contribution in [3.05, 3.63) is 41.2 Å². The summed E-state index contributed by atoms with van der Waals surface area (Å²) in [6.45, 7) is 4.05. The average Bonchev–Trinajstić information content (AvgIpc) is 2.87. The lowest BCUT2D eigenvalue weighted by Crippen LogP contribution is -2.40. The Hall–Kier alpha value is -1.85. The van der Waals surface area contributed by atoms with Crippen LogP contribution in [0.5, 0.6) is 0 Å². The molecule has 112 valence electrons. The number of aliphatic carboxylic acids is 1. The maximum absolute atomic E-state index is 11.1. The third-order valence-electron chi connectivity index (χ3n) is 3.08. The maximum Gasteiger partial charge on any atom is 0.320 e. The molecular formula is C15H17ClN2O3. The summed E-state index contributed by atoms with van der Waals surface area (Å²) >= 11 is 5.83. The molecule has 1 aromatic carbocycles. The molecule has 5 nitrogen and oxygen atoms in total. The van der Waals surface area contributed by atoms with E-state index in [-0.39, 0.29) is 5.92 Å². The molecule has 0 saturated carbocycles. The highest BCUT2D eigenvalue weighted by Gasteiger charge is 2.21. The lowest BCUT2D eigenvalue weighted by Gasteiger charge is -2.16. The van der Waals surface area contributed by atoms with Gasteiger partial charge in [-0.15, -0.1) is 0 Å². The number of nitrogens with zero attached hydrogens (tertiary/aromatic N) is 1. The summed E-state index contributed by atoms with van der Waals surface area (Å²) < 4.78 is 5.40. The van der Waals surface area contributed by atoms with Crippen molar-refractivity contribution in [2.45, 2.75) is 26.4 Å². The first-order valence-electron chi connectivity index (χ1n) is 6.64. The van der Waals surface area contributed by atoms with E-state index in [1.807, 2.05) is 26.0 Å². The third kappa shape index (κ3) is 4.06. The van der Waals surface area contributed by atoms with Crippen LogP contribution in [0.25, 0.3) is 11.5 Å². The molecule has 0 saturated heterocycles. The first-order chi connectivity index (χ1) is 9.97. The number of oxazole rings is 1. The number of rotatable bonds is 6. The minimum absolute atomic E-state index is 0.00913. The second-order valence-corrected chi connectivity index (χ2v) is 5.53. The summed E-state index contributed by atoms with van der Waals surface area (Å²) in [6.07, 6.45) is 1.52. The molecule has 0 bridgehead atoms. The van der Waals surface area contributed by atoms with Crippen LogP contribution in [0, 0.1) is 5.92 Å². The average molecular weight is 309 g/mol. The molecule has 1 aromatic heterocycles. The number of halogens is 1. The largest absolute Gasteiger partial charge is 0.480 e. The van der Waals surface area contributed by atoms with Gasteiger partial charge in [0.1, 0.15) is 12.3 Å². The number of hydrogen-bond donors (Lipinski definition) is 2. The van der Waals surface area contributed by atoms with Gasteiger partial charge in [0.2, 0.25) is 5.89 Å². The predicted molar refractivity (Wildman–Crippen MR) is 80.1 cm³/mol. The molecule has 2 aromatic rings. The van der Waals surface area contributed by atoms with Crippen LogP contribution < -0.4 is 5.32 Å². The SMILES string of the molecule is CC(C)C(NCc1coc(-c2ccc(Cl)cc2)n1)C(=O)O. The van der Waals surface area contributed by atoms with Crippen LogP contribution in [0.1, 0.15) is 19.5 Å². The highest BCUT2D eigenvalue weighted by atomic mass is 35.5. The Morgan fingerprint density at radius 2 is 2.05 bits per heavy atom. The lowest BCUT2D eigenvalue weighted by molar-refractivity contribution is -0.140. The Balaban J connectivity index is 2.03. The first-order valence-corrected chi connectivity index (χ1v) is 7.01. The molecule has 1 unspecified atom stereocenters. The van der Waals surface area contributed by atoms with E-state index in [1.165, 1.54) is 6.26 Å². The van der Waals surface area contributed by atoms with Crippen molar-refractivity contribution in [2.24, 2.45) is 5.92 Å². The number of aromatic nitrogens is 1. The topological polar surface area (TPSA) is 75.4 Å². The number of benzene rings is 1. The van der Waals surface area contributed by atoms with Crippen molar-refractivity contribution in [1.82, 2.24) is 10.3 Å². The second-order valence-electron chi connectivity index (χ2n) is 5.09. The summed E-state index contributed by atoms with van der Waals surface area (Å²) in [5.41, 5.74) is 1.48. The molecule has 6 heteroatoms. The number of hydrogen-bond acceptors (Lipinski definition) is 4. The minimum atomic E-state index is -0.869. The standard InChI is InChI=1S/C15H17ClN2O3/c1-9(2)13(15(19)20)17-7-12-8-21-14(18-12)10-3-5-11(16)6-4-10/h3-6,8-9,13,17H,7H2,1-2H3,(H,19,20). The van der Waals surface area contributed by atoms with Crippen LogP contribution in [-0.4, -0.2) is 22.1 Å². The van der Waals surface area contributed by atoms with Gasteiger partial charge in [-0.05, 0) is 30.2 Å². The van der Waals surface area contributed by atoms with Gasteiger partial charge >= 0.3 is 5.97 Å². The fraction of sp³-hybridized carbons (Fsp3) is 0.333. The van der Waals surface area contributed by atoms with Gasteiger partial charge in [0.25, 0.3) is 0 Å². The van der Waals surface area contributed by atoms with Gasteiger partial charge in [0.15, 0.2) is 0 Å². The summed E-state index contributed by atoms with van der Waals surface area (Å²) in [6, 6.07) is 6.55. The molecule has 1 atom stereocenters. The predicted octanol–water partition coefficient (Wildman–Crippen LogP) is 3.19. The molecule has 0 fully saturated rings. The Morgan fingerprint density at radius 3 is 2.62 bits per heavy atom. The van der Waals surface area contributed by atoms with E-state index < -0.39 is 12.0 Å². The molecule has 2 rings (SSSR count). The number of carboxylic acid groups (broad SMARTS) is 1. The van der Waals surface area contributed by atoms with Crippen molar-refractivity contribution in [2.75, 3.05) is 0 Å². The van der Waals surface area contributed by atoms with E-state index in [2.05, 4.69) is 10.3 Å². The van der Waals surface area contributed by atoms with Crippen molar-refractivity contribution in [1.29, 1.82) is 0 Å². The molecule has 0 aliphatic carbocycles. The molecule has 1 heterocycles. The van der Waals surface area contributed by atoms with Gasteiger partial charge in [0.05, 0.1) is 5.69 Å². The highest BCUT2D eigenvalue weighted by Crippen LogP contribution is 2.20. The summed E-state index contributed by atoms with van der Waals surface area (Å²) in [7, 11) is 0. The fourth-order valence-corrected chi connectivity index (χ4v) is 2.06. The molecule has 0 radical (unpaired) electrons. The number of carbonyl (C=O) groups is 1. The van der Waals surface area contributed by atoms with Crippen molar-refractivity contribution in [3.63, 3.8) is 0 Å². The number of carboxylic acids is 1. The molecule has 0 amide bonds. The fourth-order valence-electron chi connectivity index (χ4n) is 1.94. The van der Waals surface area contributed by atoms with Crippen LogP contribution in [-0.2, 0) is 11.3 Å². The lowest BCUT2D eigenvalue weighted by atomic mass is 10.1. The Kier molecular flexibility index (Phi) is 4.98. The van der Waals surface area contributed by atoms with Crippen molar-refractivity contribution < 1.29 is 14.3 Å². The van der Waals surface area contributed by atoms with E-state index in [0.29, 0.717) is 23.2 Å². The Morgan fingerprint density at radius 1 is 1.38 bits per heavy atom. The zero-order chi connectivity index (χ0) is 15.4. The van der Waals surface area contributed by atoms with E-state index in [4.69, 9.17) is 21.1 Å². The van der Waals surface area contributed by atoms with E-state index in [1.54, 1.807) is 12.1 Å². The maximum atomic E-state index is 11.1. The van der Waals surface area contributed by atoms with Crippen molar-refractivity contribution in [3.8, 4) is 11.5 Å². The van der Waals surface area contributed by atoms with Gasteiger partial charge in [-0.1, -0.05) is 25.4 Å². The Bertz CT molecular complexity index is 608. The highest BCUT2D eigenvalue weighted by molar-refractivity contribution is 6.30. The van der Waals surface area contributed by atoms with Crippen LogP contribution in [0.2, 0.25) is 5.02 Å². The van der Waals surface area contributed by atoms with Gasteiger partial charge in [-0.2, -0.15) is 0 Å². The van der Waals surface area contributed by atoms with Crippen LogP contribution in [0.4, 0.5) is 0 Å². The van der Waals surface area contributed by atoms with E-state index in [0.717, 1.165) is 5.56 Å². The van der Waals surface area contributed by atoms with Gasteiger partial charge in [-0.25, -0.2) is 4.98 Å². The van der Waals surface area contributed by atoms with Crippen molar-refractivity contribution >= 4 is 17.6 Å². The second kappa shape index (κ2) is 6.74. The van der Waals surface area contributed by atoms with Crippen LogP contribution in [0.15, 0.2) is 34.9 Å².